The molecule has 0 N–H and O–H groups in total. The summed E-state index contributed by atoms with van der Waals surface area (Å²) in [5.41, 5.74) is 3.03. The highest BCUT2D eigenvalue weighted by atomic mass is 32.2. The van der Waals surface area contributed by atoms with Crippen molar-refractivity contribution in [2.75, 3.05) is 17.8 Å². The average molecular weight is 351 g/mol. The van der Waals surface area contributed by atoms with Crippen molar-refractivity contribution in [3.8, 4) is 0 Å². The zero-order valence-electron chi connectivity index (χ0n) is 13.8. The van der Waals surface area contributed by atoms with Crippen LogP contribution in [0, 0.1) is 0 Å². The van der Waals surface area contributed by atoms with Crippen LogP contribution in [0.4, 0.5) is 5.69 Å². The molecule has 0 aliphatic carbocycles. The van der Waals surface area contributed by atoms with E-state index in [0.29, 0.717) is 11.3 Å². The van der Waals surface area contributed by atoms with Gasteiger partial charge >= 0.3 is 5.97 Å². The Kier molecular flexibility index (Phi) is 4.09. The zero-order valence-corrected chi connectivity index (χ0v) is 14.6. The van der Waals surface area contributed by atoms with Gasteiger partial charge in [0.1, 0.15) is 6.61 Å². The normalized spacial score (nSPS) is 19.9. The van der Waals surface area contributed by atoms with Gasteiger partial charge in [0.05, 0.1) is 11.3 Å². The molecule has 0 fully saturated rings. The van der Waals surface area contributed by atoms with Crippen LogP contribution in [0.2, 0.25) is 0 Å². The molecule has 4 rings (SSSR count). The van der Waals surface area contributed by atoms with Gasteiger partial charge in [-0.15, -0.1) is 11.8 Å². The Morgan fingerprint density at radius 1 is 1.04 bits per heavy atom. The monoisotopic (exact) mass is 351 g/mol. The molecule has 0 spiro atoms. The fourth-order valence-electron chi connectivity index (χ4n) is 3.45. The number of hydrogen-bond donors (Lipinski definition) is 0. The van der Waals surface area contributed by atoms with Crippen LogP contribution in [0.1, 0.15) is 17.9 Å². The lowest BCUT2D eigenvalue weighted by Gasteiger charge is -2.31. The van der Waals surface area contributed by atoms with Crippen molar-refractivity contribution in [2.24, 2.45) is 0 Å². The Labute approximate surface area is 150 Å². The summed E-state index contributed by atoms with van der Waals surface area (Å²) >= 11 is 1.66. The maximum atomic E-state index is 12.9. The highest BCUT2D eigenvalue weighted by Gasteiger charge is 2.42. The molecule has 0 saturated carbocycles. The van der Waals surface area contributed by atoms with Gasteiger partial charge in [-0.1, -0.05) is 30.3 Å². The van der Waals surface area contributed by atoms with Gasteiger partial charge in [-0.3, -0.25) is 9.69 Å². The van der Waals surface area contributed by atoms with E-state index in [2.05, 4.69) is 0 Å². The number of amides is 1. The van der Waals surface area contributed by atoms with E-state index in [0.717, 1.165) is 16.1 Å². The van der Waals surface area contributed by atoms with Gasteiger partial charge in [0.25, 0.3) is 0 Å². The molecule has 0 unspecified atom stereocenters. The summed E-state index contributed by atoms with van der Waals surface area (Å²) in [7, 11) is 0. The predicted octanol–water partition coefficient (Wildman–Crippen LogP) is 3.74. The van der Waals surface area contributed by atoms with Crippen molar-refractivity contribution < 1.29 is 14.3 Å². The Bertz CT molecular complexity index is 858. The van der Waals surface area contributed by atoms with Crippen LogP contribution in [0.25, 0.3) is 0 Å². The molecule has 0 aromatic heterocycles. The Hall–Kier alpha value is -2.53. The molecule has 25 heavy (non-hydrogen) atoms. The highest BCUT2D eigenvalue weighted by molar-refractivity contribution is 7.98. The SMILES string of the molecule is CSc1ccc([C@H]2CC(=O)N(c3ccccc3)C3=C2C(=O)OC3)cc1. The van der Waals surface area contributed by atoms with Gasteiger partial charge in [0.15, 0.2) is 0 Å². The maximum Gasteiger partial charge on any atom is 0.336 e. The predicted molar refractivity (Wildman–Crippen MR) is 97.5 cm³/mol. The minimum atomic E-state index is -0.317. The van der Waals surface area contributed by atoms with E-state index in [1.54, 1.807) is 16.7 Å². The molecule has 1 atom stereocenters. The molecule has 0 bridgehead atoms. The van der Waals surface area contributed by atoms with E-state index in [4.69, 9.17) is 4.74 Å². The number of thioether (sulfide) groups is 1. The topological polar surface area (TPSA) is 46.6 Å². The van der Waals surface area contributed by atoms with Crippen molar-refractivity contribution in [1.29, 1.82) is 0 Å². The van der Waals surface area contributed by atoms with E-state index < -0.39 is 0 Å². The molecule has 2 aliphatic heterocycles. The number of rotatable bonds is 3. The van der Waals surface area contributed by atoms with Gasteiger partial charge in [-0.25, -0.2) is 4.79 Å². The molecular weight excluding hydrogens is 334 g/mol. The number of hydrogen-bond acceptors (Lipinski definition) is 4. The molecule has 2 aromatic carbocycles. The van der Waals surface area contributed by atoms with Gasteiger partial charge in [0.2, 0.25) is 5.91 Å². The third kappa shape index (κ3) is 2.74. The van der Waals surface area contributed by atoms with Gasteiger partial charge in [-0.2, -0.15) is 0 Å². The lowest BCUT2D eigenvalue weighted by molar-refractivity contribution is -0.136. The molecule has 2 aromatic rings. The van der Waals surface area contributed by atoms with E-state index in [1.165, 1.54) is 0 Å². The second-order valence-corrected chi connectivity index (χ2v) is 6.91. The molecule has 126 valence electrons. The van der Waals surface area contributed by atoms with Crippen LogP contribution in [0.15, 0.2) is 70.8 Å². The van der Waals surface area contributed by atoms with Gasteiger partial charge in [-0.05, 0) is 36.1 Å². The summed E-state index contributed by atoms with van der Waals surface area (Å²) in [4.78, 5) is 28.0. The molecular formula is C20H17NO3S. The van der Waals surface area contributed by atoms with Crippen molar-refractivity contribution >= 4 is 29.3 Å². The molecule has 1 amide bonds. The number of nitrogens with zero attached hydrogens (tertiary/aromatic N) is 1. The second kappa shape index (κ2) is 6.41. The summed E-state index contributed by atoms with van der Waals surface area (Å²) in [5, 5.41) is 0. The van der Waals surface area contributed by atoms with Crippen LogP contribution >= 0.6 is 11.8 Å². The maximum absolute atomic E-state index is 12.9. The number of esters is 1. The first-order chi connectivity index (χ1) is 12.2. The van der Waals surface area contributed by atoms with Gasteiger partial charge in [0, 0.05) is 22.9 Å². The minimum Gasteiger partial charge on any atom is -0.456 e. The number of anilines is 1. The first-order valence-corrected chi connectivity index (χ1v) is 9.33. The van der Waals surface area contributed by atoms with E-state index in [1.807, 2.05) is 60.9 Å². The molecule has 4 nitrogen and oxygen atoms in total. The lowest BCUT2D eigenvalue weighted by atomic mass is 9.84. The molecule has 0 saturated heterocycles. The first kappa shape index (κ1) is 16.0. The van der Waals surface area contributed by atoms with E-state index in [-0.39, 0.29) is 30.8 Å². The number of para-hydroxylation sites is 1. The Balaban J connectivity index is 1.79. The van der Waals surface area contributed by atoms with Crippen molar-refractivity contribution in [3.63, 3.8) is 0 Å². The van der Waals surface area contributed by atoms with E-state index in [9.17, 15) is 9.59 Å². The Morgan fingerprint density at radius 2 is 1.76 bits per heavy atom. The largest absolute Gasteiger partial charge is 0.456 e. The second-order valence-electron chi connectivity index (χ2n) is 6.03. The average Bonchev–Trinajstić information content (AvgIpc) is 3.03. The smallest absolute Gasteiger partial charge is 0.336 e. The van der Waals surface area contributed by atoms with Gasteiger partial charge < -0.3 is 4.74 Å². The molecule has 0 radical (unpaired) electrons. The fraction of sp³-hybridized carbons (Fsp3) is 0.200. The minimum absolute atomic E-state index is 0.0119. The highest BCUT2D eigenvalue weighted by Crippen LogP contribution is 2.41. The summed E-state index contributed by atoms with van der Waals surface area (Å²) in [5.74, 6) is -0.571. The first-order valence-electron chi connectivity index (χ1n) is 8.11. The summed E-state index contributed by atoms with van der Waals surface area (Å²) in [6, 6.07) is 17.5. The number of carbonyl (C=O) groups is 2. The number of cyclic esters (lactones) is 1. The third-order valence-corrected chi connectivity index (χ3v) is 5.39. The van der Waals surface area contributed by atoms with Crippen LogP contribution in [0.3, 0.4) is 0 Å². The van der Waals surface area contributed by atoms with Crippen LogP contribution in [-0.4, -0.2) is 24.7 Å². The van der Waals surface area contributed by atoms with Crippen LogP contribution in [-0.2, 0) is 14.3 Å². The zero-order chi connectivity index (χ0) is 17.4. The molecule has 5 heteroatoms. The fourth-order valence-corrected chi connectivity index (χ4v) is 3.86. The molecule has 2 heterocycles. The van der Waals surface area contributed by atoms with Crippen molar-refractivity contribution in [2.45, 2.75) is 17.2 Å². The third-order valence-electron chi connectivity index (χ3n) is 4.65. The standard InChI is InChI=1S/C20H17NO3S/c1-25-15-9-7-13(8-10-15)16-11-18(22)21(14-5-3-2-4-6-14)17-12-24-20(23)19(16)17/h2-10,16H,11-12H2,1H3/t16-/m1/s1. The summed E-state index contributed by atoms with van der Waals surface area (Å²) in [6.45, 7) is 0.147. The molecule has 2 aliphatic rings. The summed E-state index contributed by atoms with van der Waals surface area (Å²) < 4.78 is 5.29. The quantitative estimate of drug-likeness (QED) is 0.624. The Morgan fingerprint density at radius 3 is 2.44 bits per heavy atom. The van der Waals surface area contributed by atoms with Crippen molar-refractivity contribution in [3.05, 3.63) is 71.4 Å². The number of carbonyl (C=O) groups excluding carboxylic acids is 2. The van der Waals surface area contributed by atoms with Crippen LogP contribution < -0.4 is 4.90 Å². The lowest BCUT2D eigenvalue weighted by Crippen LogP contribution is -2.37. The van der Waals surface area contributed by atoms with Crippen molar-refractivity contribution in [1.82, 2.24) is 0 Å². The number of ether oxygens (including phenoxy) is 1. The summed E-state index contributed by atoms with van der Waals surface area (Å²) in [6.07, 6.45) is 2.29. The van der Waals surface area contributed by atoms with Crippen LogP contribution in [0.5, 0.6) is 0 Å². The van der Waals surface area contributed by atoms with E-state index >= 15 is 0 Å². The number of benzene rings is 2.